The van der Waals surface area contributed by atoms with Crippen molar-refractivity contribution in [3.8, 4) is 17.1 Å². The van der Waals surface area contributed by atoms with E-state index in [9.17, 15) is 0 Å². The van der Waals surface area contributed by atoms with E-state index < -0.39 is 0 Å². The van der Waals surface area contributed by atoms with Gasteiger partial charge in [0.25, 0.3) is 0 Å². The molecule has 0 bridgehead atoms. The number of nitrogens with zero attached hydrogens (tertiary/aromatic N) is 3. The summed E-state index contributed by atoms with van der Waals surface area (Å²) in [5.41, 5.74) is 1.10. The summed E-state index contributed by atoms with van der Waals surface area (Å²) in [4.78, 5) is 7.09. The van der Waals surface area contributed by atoms with Gasteiger partial charge in [-0.1, -0.05) is 0 Å². The SMILES string of the molecule is COc1ccc(-c2nccn2[C@H]2C[C@H]3CO[C@@H](CCO)CN3C2)cc1. The molecule has 0 radical (unpaired) electrons. The molecule has 2 saturated heterocycles. The number of methoxy groups -OCH3 is 1. The Morgan fingerprint density at radius 1 is 1.24 bits per heavy atom. The topological polar surface area (TPSA) is 59.8 Å². The van der Waals surface area contributed by atoms with Crippen LogP contribution in [-0.2, 0) is 4.74 Å². The first kappa shape index (κ1) is 16.6. The predicted molar refractivity (Wildman–Crippen MR) is 94.7 cm³/mol. The molecule has 2 fully saturated rings. The smallest absolute Gasteiger partial charge is 0.140 e. The summed E-state index contributed by atoms with van der Waals surface area (Å²) in [6, 6.07) is 8.92. The second-order valence-corrected chi connectivity index (χ2v) is 6.85. The number of aliphatic hydroxyl groups excluding tert-OH is 1. The van der Waals surface area contributed by atoms with Crippen LogP contribution >= 0.6 is 0 Å². The lowest BCUT2D eigenvalue weighted by atomic mass is 10.1. The Kier molecular flexibility index (Phi) is 4.74. The van der Waals surface area contributed by atoms with Crippen LogP contribution < -0.4 is 4.74 Å². The molecule has 134 valence electrons. The minimum absolute atomic E-state index is 0.156. The average molecular weight is 343 g/mol. The van der Waals surface area contributed by atoms with E-state index in [4.69, 9.17) is 14.6 Å². The zero-order valence-electron chi connectivity index (χ0n) is 14.5. The van der Waals surface area contributed by atoms with Gasteiger partial charge < -0.3 is 19.1 Å². The van der Waals surface area contributed by atoms with Gasteiger partial charge in [-0.15, -0.1) is 0 Å². The van der Waals surface area contributed by atoms with Gasteiger partial charge in [0.1, 0.15) is 11.6 Å². The van der Waals surface area contributed by atoms with Gasteiger partial charge in [-0.3, -0.25) is 4.90 Å². The standard InChI is InChI=1S/C19H25N3O3/c1-24-17-4-2-14(3-5-17)19-20-7-8-22(19)15-10-16-13-25-18(6-9-23)12-21(16)11-15/h2-5,7-8,15-16,18,23H,6,9-13H2,1H3/t15-,16-,18-/m0/s1. The van der Waals surface area contributed by atoms with Gasteiger partial charge >= 0.3 is 0 Å². The maximum Gasteiger partial charge on any atom is 0.140 e. The van der Waals surface area contributed by atoms with E-state index in [1.807, 2.05) is 18.3 Å². The maximum atomic E-state index is 9.14. The zero-order chi connectivity index (χ0) is 17.2. The fourth-order valence-corrected chi connectivity index (χ4v) is 4.01. The lowest BCUT2D eigenvalue weighted by Crippen LogP contribution is -2.46. The van der Waals surface area contributed by atoms with Crippen molar-refractivity contribution in [3.63, 3.8) is 0 Å². The van der Waals surface area contributed by atoms with Gasteiger partial charge in [-0.25, -0.2) is 4.98 Å². The fourth-order valence-electron chi connectivity index (χ4n) is 4.01. The van der Waals surface area contributed by atoms with Crippen molar-refractivity contribution >= 4 is 0 Å². The highest BCUT2D eigenvalue weighted by molar-refractivity contribution is 5.57. The summed E-state index contributed by atoms with van der Waals surface area (Å²) in [6.07, 6.45) is 5.90. The summed E-state index contributed by atoms with van der Waals surface area (Å²) in [5, 5.41) is 9.14. The number of imidazole rings is 1. The van der Waals surface area contributed by atoms with Crippen LogP contribution in [-0.4, -0.2) is 65.1 Å². The number of aliphatic hydroxyl groups is 1. The molecule has 1 aromatic heterocycles. The predicted octanol–water partition coefficient (Wildman–Crippen LogP) is 1.96. The van der Waals surface area contributed by atoms with Crippen molar-refractivity contribution in [1.29, 1.82) is 0 Å². The lowest BCUT2D eigenvalue weighted by Gasteiger charge is -2.34. The molecule has 2 aliphatic heterocycles. The average Bonchev–Trinajstić information content (AvgIpc) is 3.28. The molecule has 2 aromatic rings. The molecule has 2 aliphatic rings. The van der Waals surface area contributed by atoms with Gasteiger partial charge in [-0.2, -0.15) is 0 Å². The lowest BCUT2D eigenvalue weighted by molar-refractivity contribution is -0.0567. The number of morpholine rings is 1. The third kappa shape index (κ3) is 3.29. The van der Waals surface area contributed by atoms with Crippen LogP contribution in [0.1, 0.15) is 18.9 Å². The van der Waals surface area contributed by atoms with Crippen LogP contribution in [0, 0.1) is 0 Å². The highest BCUT2D eigenvalue weighted by Crippen LogP contribution is 2.34. The Balaban J connectivity index is 1.51. The first-order valence-corrected chi connectivity index (χ1v) is 8.92. The fraction of sp³-hybridized carbons (Fsp3) is 0.526. The number of ether oxygens (including phenoxy) is 2. The molecule has 0 spiro atoms. The van der Waals surface area contributed by atoms with E-state index in [0.717, 1.165) is 49.7 Å². The molecule has 6 heteroatoms. The first-order chi connectivity index (χ1) is 12.3. The molecular weight excluding hydrogens is 318 g/mol. The molecule has 6 nitrogen and oxygen atoms in total. The molecule has 1 aromatic carbocycles. The Labute approximate surface area is 148 Å². The van der Waals surface area contributed by atoms with Gasteiger partial charge in [0.2, 0.25) is 0 Å². The van der Waals surface area contributed by atoms with Crippen LogP contribution in [0.5, 0.6) is 5.75 Å². The van der Waals surface area contributed by atoms with Crippen LogP contribution in [0.15, 0.2) is 36.7 Å². The summed E-state index contributed by atoms with van der Waals surface area (Å²) in [5.74, 6) is 1.85. The summed E-state index contributed by atoms with van der Waals surface area (Å²) < 4.78 is 13.4. The van der Waals surface area contributed by atoms with Crippen LogP contribution in [0.2, 0.25) is 0 Å². The quantitative estimate of drug-likeness (QED) is 0.899. The van der Waals surface area contributed by atoms with Crippen molar-refractivity contribution in [2.24, 2.45) is 0 Å². The number of benzene rings is 1. The van der Waals surface area contributed by atoms with Crippen molar-refractivity contribution in [1.82, 2.24) is 14.5 Å². The maximum absolute atomic E-state index is 9.14. The van der Waals surface area contributed by atoms with Gasteiger partial charge in [0.05, 0.1) is 19.8 Å². The van der Waals surface area contributed by atoms with Crippen LogP contribution in [0.3, 0.4) is 0 Å². The number of hydrogen-bond donors (Lipinski definition) is 1. The third-order valence-electron chi connectivity index (χ3n) is 5.33. The van der Waals surface area contributed by atoms with Gasteiger partial charge in [0, 0.05) is 49.7 Å². The van der Waals surface area contributed by atoms with E-state index >= 15 is 0 Å². The van der Waals surface area contributed by atoms with Crippen molar-refractivity contribution < 1.29 is 14.6 Å². The number of aromatic nitrogens is 2. The summed E-state index contributed by atoms with van der Waals surface area (Å²) in [6.45, 7) is 2.87. The number of fused-ring (bicyclic) bond motifs is 1. The Hall–Kier alpha value is -1.89. The second kappa shape index (κ2) is 7.15. The van der Waals surface area contributed by atoms with E-state index in [-0.39, 0.29) is 12.7 Å². The molecule has 4 rings (SSSR count). The molecule has 3 heterocycles. The highest BCUT2D eigenvalue weighted by atomic mass is 16.5. The third-order valence-corrected chi connectivity index (χ3v) is 5.33. The van der Waals surface area contributed by atoms with Crippen molar-refractivity contribution in [3.05, 3.63) is 36.7 Å². The molecule has 25 heavy (non-hydrogen) atoms. The monoisotopic (exact) mass is 343 g/mol. The zero-order valence-corrected chi connectivity index (χ0v) is 14.5. The second-order valence-electron chi connectivity index (χ2n) is 6.85. The largest absolute Gasteiger partial charge is 0.497 e. The Bertz CT molecular complexity index is 700. The molecule has 0 saturated carbocycles. The Morgan fingerprint density at radius 3 is 2.84 bits per heavy atom. The van der Waals surface area contributed by atoms with Crippen molar-refractivity contribution in [2.75, 3.05) is 33.4 Å². The van der Waals surface area contributed by atoms with E-state index in [2.05, 4.69) is 32.8 Å². The molecule has 0 unspecified atom stereocenters. The molecule has 0 amide bonds. The van der Waals surface area contributed by atoms with Gasteiger partial charge in [-0.05, 0) is 37.1 Å². The van der Waals surface area contributed by atoms with Crippen molar-refractivity contribution in [2.45, 2.75) is 31.0 Å². The molecule has 1 N–H and O–H groups in total. The normalized spacial score (nSPS) is 26.6. The van der Waals surface area contributed by atoms with E-state index in [1.54, 1.807) is 7.11 Å². The molecule has 0 aliphatic carbocycles. The van der Waals surface area contributed by atoms with Gasteiger partial charge in [0.15, 0.2) is 0 Å². The summed E-state index contributed by atoms with van der Waals surface area (Å²) in [7, 11) is 1.68. The first-order valence-electron chi connectivity index (χ1n) is 8.92. The number of rotatable bonds is 5. The number of hydrogen-bond acceptors (Lipinski definition) is 5. The van der Waals surface area contributed by atoms with E-state index in [0.29, 0.717) is 12.1 Å². The van der Waals surface area contributed by atoms with E-state index in [1.165, 1.54) is 0 Å². The van der Waals surface area contributed by atoms with Crippen LogP contribution in [0.25, 0.3) is 11.4 Å². The summed E-state index contributed by atoms with van der Waals surface area (Å²) >= 11 is 0. The minimum atomic E-state index is 0.156. The molecular formula is C19H25N3O3. The molecule has 3 atom stereocenters. The Morgan fingerprint density at radius 2 is 2.08 bits per heavy atom. The minimum Gasteiger partial charge on any atom is -0.497 e. The highest BCUT2D eigenvalue weighted by Gasteiger charge is 2.38. The van der Waals surface area contributed by atoms with Crippen LogP contribution in [0.4, 0.5) is 0 Å².